The third-order valence-electron chi connectivity index (χ3n) is 2.04. The molecule has 0 bridgehead atoms. The molecule has 0 saturated carbocycles. The molecule has 5 nitrogen and oxygen atoms in total. The summed E-state index contributed by atoms with van der Waals surface area (Å²) >= 11 is 0. The van der Waals surface area contributed by atoms with Crippen molar-refractivity contribution in [3.8, 4) is 0 Å². The van der Waals surface area contributed by atoms with Crippen LogP contribution >= 0.6 is 0 Å². The molecule has 0 atom stereocenters. The van der Waals surface area contributed by atoms with Gasteiger partial charge >= 0.3 is 11.6 Å². The molecule has 5 heteroatoms. The van der Waals surface area contributed by atoms with Gasteiger partial charge in [-0.2, -0.15) is 0 Å². The Labute approximate surface area is 78.1 Å². The maximum absolute atomic E-state index is 11.3. The molecule has 0 aliphatic carbocycles. The van der Waals surface area contributed by atoms with E-state index in [0.717, 1.165) is 0 Å². The van der Waals surface area contributed by atoms with Crippen LogP contribution in [0.15, 0.2) is 27.5 Å². The molecule has 0 aliphatic rings. The Balaban J connectivity index is 3.00. The second-order valence-corrected chi connectivity index (χ2v) is 2.88. The zero-order valence-electron chi connectivity index (χ0n) is 7.35. The van der Waals surface area contributed by atoms with E-state index in [9.17, 15) is 9.59 Å². The number of hydrogen-bond donors (Lipinski definition) is 1. The number of nitrogens with zero attached hydrogens (tertiary/aromatic N) is 1. The summed E-state index contributed by atoms with van der Waals surface area (Å²) in [5, 5.41) is 8.94. The van der Waals surface area contributed by atoms with Crippen LogP contribution in [0.5, 0.6) is 0 Å². The van der Waals surface area contributed by atoms with Crippen molar-refractivity contribution in [3.63, 3.8) is 0 Å². The van der Waals surface area contributed by atoms with Crippen LogP contribution in [0.1, 0.15) is 10.4 Å². The Morgan fingerprint density at radius 3 is 2.86 bits per heavy atom. The van der Waals surface area contributed by atoms with Crippen molar-refractivity contribution in [2.45, 2.75) is 0 Å². The fourth-order valence-corrected chi connectivity index (χ4v) is 1.41. The molecule has 0 spiro atoms. The highest BCUT2D eigenvalue weighted by Gasteiger charge is 2.15. The Kier molecular flexibility index (Phi) is 1.67. The average Bonchev–Trinajstić information content (AvgIpc) is 2.43. The van der Waals surface area contributed by atoms with Gasteiger partial charge in [0.2, 0.25) is 0 Å². The number of rotatable bonds is 1. The average molecular weight is 193 g/mol. The zero-order chi connectivity index (χ0) is 10.3. The molecule has 0 fully saturated rings. The van der Waals surface area contributed by atoms with Gasteiger partial charge in [0.05, 0.1) is 11.1 Å². The third-order valence-corrected chi connectivity index (χ3v) is 2.04. The van der Waals surface area contributed by atoms with Crippen molar-refractivity contribution < 1.29 is 14.4 Å². The van der Waals surface area contributed by atoms with Crippen LogP contribution in [-0.4, -0.2) is 15.8 Å². The van der Waals surface area contributed by atoms with Crippen molar-refractivity contribution in [1.29, 1.82) is 0 Å². The molecule has 14 heavy (non-hydrogen) atoms. The van der Waals surface area contributed by atoms with Gasteiger partial charge in [-0.05, 0) is 12.1 Å². The van der Waals surface area contributed by atoms with E-state index in [4.69, 9.17) is 9.63 Å². The van der Waals surface area contributed by atoms with Crippen molar-refractivity contribution in [3.05, 3.63) is 34.2 Å². The number of aryl methyl sites for hydroxylation is 1. The summed E-state index contributed by atoms with van der Waals surface area (Å²) in [6.07, 6.45) is 0. The SMILES string of the molecule is Cn1oc(=O)c2c(C(=O)O)cccc21. The standard InChI is InChI=1S/C9H7NO4/c1-10-6-4-2-3-5(8(11)12)7(6)9(13)14-10/h2-4H,1H3,(H,11,12). The van der Waals surface area contributed by atoms with Crippen LogP contribution in [0, 0.1) is 0 Å². The Bertz CT molecular complexity index is 564. The fourth-order valence-electron chi connectivity index (χ4n) is 1.41. The molecule has 1 N–H and O–H groups in total. The number of hydrogen-bond acceptors (Lipinski definition) is 3. The fraction of sp³-hybridized carbons (Fsp3) is 0.111. The molecule has 0 unspecified atom stereocenters. The highest BCUT2D eigenvalue weighted by atomic mass is 16.5. The number of benzene rings is 1. The van der Waals surface area contributed by atoms with Gasteiger partial charge in [-0.15, -0.1) is 0 Å². The van der Waals surface area contributed by atoms with Crippen LogP contribution in [0.3, 0.4) is 0 Å². The van der Waals surface area contributed by atoms with E-state index >= 15 is 0 Å². The smallest absolute Gasteiger partial charge is 0.366 e. The van der Waals surface area contributed by atoms with Gasteiger partial charge in [-0.3, -0.25) is 0 Å². The van der Waals surface area contributed by atoms with Crippen molar-refractivity contribution in [2.24, 2.45) is 7.05 Å². The second-order valence-electron chi connectivity index (χ2n) is 2.88. The van der Waals surface area contributed by atoms with E-state index in [-0.39, 0.29) is 10.9 Å². The van der Waals surface area contributed by atoms with Gasteiger partial charge < -0.3 is 9.63 Å². The van der Waals surface area contributed by atoms with E-state index in [2.05, 4.69) is 0 Å². The molecule has 0 aliphatic heterocycles. The number of aromatic carboxylic acids is 1. The predicted molar refractivity (Wildman–Crippen MR) is 48.4 cm³/mol. The predicted octanol–water partition coefficient (Wildman–Crippen LogP) is 0.830. The largest absolute Gasteiger partial charge is 0.478 e. The summed E-state index contributed by atoms with van der Waals surface area (Å²) < 4.78 is 6.01. The van der Waals surface area contributed by atoms with Crippen LogP contribution in [0.2, 0.25) is 0 Å². The molecule has 2 aromatic rings. The summed E-state index contributed by atoms with van der Waals surface area (Å²) in [6, 6.07) is 4.58. The number of carboxylic acid groups (broad SMARTS) is 1. The Morgan fingerprint density at radius 1 is 1.50 bits per heavy atom. The van der Waals surface area contributed by atoms with Crippen LogP contribution in [-0.2, 0) is 7.05 Å². The van der Waals surface area contributed by atoms with E-state index in [0.29, 0.717) is 5.52 Å². The summed E-state index contributed by atoms with van der Waals surface area (Å²) in [4.78, 5) is 22.1. The monoisotopic (exact) mass is 193 g/mol. The number of fused-ring (bicyclic) bond motifs is 1. The normalized spacial score (nSPS) is 10.6. The van der Waals surface area contributed by atoms with Crippen LogP contribution in [0.4, 0.5) is 0 Å². The topological polar surface area (TPSA) is 72.4 Å². The molecular formula is C9H7NO4. The van der Waals surface area contributed by atoms with E-state index in [1.165, 1.54) is 10.8 Å². The van der Waals surface area contributed by atoms with Gasteiger partial charge in [0.1, 0.15) is 5.39 Å². The minimum absolute atomic E-state index is 0.0307. The molecule has 72 valence electrons. The first-order chi connectivity index (χ1) is 6.61. The van der Waals surface area contributed by atoms with Crippen LogP contribution < -0.4 is 5.63 Å². The van der Waals surface area contributed by atoms with Gasteiger partial charge in [0.15, 0.2) is 0 Å². The van der Waals surface area contributed by atoms with Gasteiger partial charge in [-0.25, -0.2) is 14.3 Å². The number of aromatic nitrogens is 1. The van der Waals surface area contributed by atoms with E-state index < -0.39 is 11.6 Å². The first-order valence-electron chi connectivity index (χ1n) is 3.93. The quantitative estimate of drug-likeness (QED) is 0.728. The maximum Gasteiger partial charge on any atom is 0.366 e. The lowest BCUT2D eigenvalue weighted by Gasteiger charge is -1.94. The zero-order valence-corrected chi connectivity index (χ0v) is 7.35. The summed E-state index contributed by atoms with van der Waals surface area (Å²) in [6.45, 7) is 0. The molecule has 0 radical (unpaired) electrons. The van der Waals surface area contributed by atoms with Gasteiger partial charge in [-0.1, -0.05) is 6.07 Å². The summed E-state index contributed by atoms with van der Waals surface area (Å²) in [5.41, 5.74) is -0.174. The van der Waals surface area contributed by atoms with E-state index in [1.54, 1.807) is 19.2 Å². The molecule has 0 saturated heterocycles. The lowest BCUT2D eigenvalue weighted by Crippen LogP contribution is -2.02. The molecule has 1 aromatic heterocycles. The maximum atomic E-state index is 11.3. The molecule has 1 aromatic carbocycles. The van der Waals surface area contributed by atoms with E-state index in [1.807, 2.05) is 0 Å². The third kappa shape index (κ3) is 1.02. The molecular weight excluding hydrogens is 186 g/mol. The minimum atomic E-state index is -1.13. The highest BCUT2D eigenvalue weighted by molar-refractivity contribution is 6.02. The Hall–Kier alpha value is -2.04. The second kappa shape index (κ2) is 2.73. The van der Waals surface area contributed by atoms with Crippen LogP contribution in [0.25, 0.3) is 10.9 Å². The molecule has 1 heterocycles. The Morgan fingerprint density at radius 2 is 2.21 bits per heavy atom. The minimum Gasteiger partial charge on any atom is -0.478 e. The van der Waals surface area contributed by atoms with Crippen molar-refractivity contribution in [2.75, 3.05) is 0 Å². The van der Waals surface area contributed by atoms with Gasteiger partial charge in [0.25, 0.3) is 0 Å². The number of carboxylic acids is 1. The molecule has 0 amide bonds. The van der Waals surface area contributed by atoms with Crippen molar-refractivity contribution >= 4 is 16.9 Å². The lowest BCUT2D eigenvalue weighted by molar-refractivity contribution is 0.0699. The molecule has 2 rings (SSSR count). The number of carbonyl (C=O) groups is 1. The van der Waals surface area contributed by atoms with Crippen molar-refractivity contribution in [1.82, 2.24) is 4.74 Å². The van der Waals surface area contributed by atoms with Gasteiger partial charge in [0, 0.05) is 7.05 Å². The summed E-state index contributed by atoms with van der Waals surface area (Å²) in [7, 11) is 1.55. The first-order valence-corrected chi connectivity index (χ1v) is 3.93. The highest BCUT2D eigenvalue weighted by Crippen LogP contribution is 2.14. The summed E-state index contributed by atoms with van der Waals surface area (Å²) in [5.74, 6) is -1.13. The lowest BCUT2D eigenvalue weighted by atomic mass is 10.1. The first kappa shape index (κ1) is 8.55.